The molecule has 0 amide bonds. The van der Waals surface area contributed by atoms with Crippen molar-refractivity contribution in [3.05, 3.63) is 77.9 Å². The molecule has 2 unspecified atom stereocenters. The van der Waals surface area contributed by atoms with Gasteiger partial charge in [0.15, 0.2) is 0 Å². The fraction of sp³-hybridized carbons (Fsp3) is 0.419. The van der Waals surface area contributed by atoms with Crippen molar-refractivity contribution in [2.75, 3.05) is 0 Å². The van der Waals surface area contributed by atoms with Gasteiger partial charge in [0.1, 0.15) is 0 Å². The molecule has 6 rings (SSSR count). The standard InChI is InChI=1S/C31H35N/c1-5-21(4)23-13-15-25-28(17-23)32-19-31(6-2)18-27(31)26-16-20(3)12-14-24(26)30(32)29(25)22-10-8-7-9-11-22/h6,12-17,22,27H,2,4-5,7-11,18-19H2,1,3H3. The third-order valence-electron chi connectivity index (χ3n) is 8.77. The molecule has 2 aromatic carbocycles. The maximum absolute atomic E-state index is 4.35. The van der Waals surface area contributed by atoms with Crippen molar-refractivity contribution in [2.45, 2.75) is 77.2 Å². The van der Waals surface area contributed by atoms with Crippen LogP contribution in [0.1, 0.15) is 86.0 Å². The highest BCUT2D eigenvalue weighted by molar-refractivity contribution is 5.95. The molecule has 1 aliphatic heterocycles. The van der Waals surface area contributed by atoms with Crippen molar-refractivity contribution < 1.29 is 0 Å². The Hall–Kier alpha value is -2.54. The fourth-order valence-electron chi connectivity index (χ4n) is 6.75. The van der Waals surface area contributed by atoms with Gasteiger partial charge in [-0.3, -0.25) is 0 Å². The summed E-state index contributed by atoms with van der Waals surface area (Å²) >= 11 is 0. The zero-order valence-electron chi connectivity index (χ0n) is 19.7. The SMILES string of the molecule is C=CC12CC1c1cc(C)ccc1-c1c(C3CCCCC3)c3ccc(C(=C)CC)cc3n1C2. The first-order valence-corrected chi connectivity index (χ1v) is 12.6. The molecular weight excluding hydrogens is 386 g/mol. The monoisotopic (exact) mass is 421 g/mol. The van der Waals surface area contributed by atoms with E-state index in [-0.39, 0.29) is 5.41 Å². The van der Waals surface area contributed by atoms with E-state index >= 15 is 0 Å². The van der Waals surface area contributed by atoms with Gasteiger partial charge in [-0.25, -0.2) is 0 Å². The predicted molar refractivity (Wildman–Crippen MR) is 137 cm³/mol. The van der Waals surface area contributed by atoms with Gasteiger partial charge >= 0.3 is 0 Å². The van der Waals surface area contributed by atoms with Gasteiger partial charge < -0.3 is 4.57 Å². The van der Waals surface area contributed by atoms with Gasteiger partial charge in [0, 0.05) is 28.4 Å². The van der Waals surface area contributed by atoms with Crippen LogP contribution in [-0.2, 0) is 6.54 Å². The maximum atomic E-state index is 4.35. The second-order valence-corrected chi connectivity index (χ2v) is 10.7. The summed E-state index contributed by atoms with van der Waals surface area (Å²) in [5, 5.41) is 1.48. The average molecular weight is 422 g/mol. The van der Waals surface area contributed by atoms with E-state index in [0.29, 0.717) is 11.8 Å². The summed E-state index contributed by atoms with van der Waals surface area (Å²) in [6.07, 6.45) is 11.3. The van der Waals surface area contributed by atoms with Crippen molar-refractivity contribution >= 4 is 16.5 Å². The first-order valence-electron chi connectivity index (χ1n) is 12.6. The van der Waals surface area contributed by atoms with Crippen LogP contribution in [0.3, 0.4) is 0 Å². The minimum absolute atomic E-state index is 0.196. The van der Waals surface area contributed by atoms with Gasteiger partial charge in [0.05, 0.1) is 5.69 Å². The van der Waals surface area contributed by atoms with E-state index in [0.717, 1.165) is 13.0 Å². The summed E-state index contributed by atoms with van der Waals surface area (Å²) in [6.45, 7) is 14.2. The van der Waals surface area contributed by atoms with E-state index in [1.807, 2.05) is 0 Å². The number of hydrogen-bond acceptors (Lipinski definition) is 0. The van der Waals surface area contributed by atoms with E-state index < -0.39 is 0 Å². The predicted octanol–water partition coefficient (Wildman–Crippen LogP) is 8.76. The number of rotatable bonds is 4. The van der Waals surface area contributed by atoms with Crippen molar-refractivity contribution in [2.24, 2.45) is 5.41 Å². The molecule has 1 heteroatoms. The van der Waals surface area contributed by atoms with Gasteiger partial charge in [-0.15, -0.1) is 6.58 Å². The molecule has 3 aromatic rings. The smallest absolute Gasteiger partial charge is 0.0529 e. The Balaban J connectivity index is 1.69. The van der Waals surface area contributed by atoms with E-state index in [2.05, 4.69) is 74.0 Å². The summed E-state index contributed by atoms with van der Waals surface area (Å²) in [7, 11) is 0. The van der Waals surface area contributed by atoms with Gasteiger partial charge in [-0.1, -0.05) is 74.7 Å². The van der Waals surface area contributed by atoms with Crippen molar-refractivity contribution in [1.82, 2.24) is 4.57 Å². The molecule has 2 aliphatic carbocycles. The molecule has 2 saturated carbocycles. The Morgan fingerprint density at radius 1 is 1.12 bits per heavy atom. The zero-order valence-corrected chi connectivity index (χ0v) is 19.7. The molecule has 3 aliphatic rings. The van der Waals surface area contributed by atoms with Crippen LogP contribution in [0.15, 0.2) is 55.6 Å². The van der Waals surface area contributed by atoms with Crippen LogP contribution in [0.5, 0.6) is 0 Å². The highest BCUT2D eigenvalue weighted by Crippen LogP contribution is 2.65. The molecule has 0 saturated heterocycles. The lowest BCUT2D eigenvalue weighted by molar-refractivity contribution is 0.444. The lowest BCUT2D eigenvalue weighted by Gasteiger charge is -2.24. The number of aryl methyl sites for hydroxylation is 1. The van der Waals surface area contributed by atoms with Crippen molar-refractivity contribution in [3.63, 3.8) is 0 Å². The molecule has 0 bridgehead atoms. The number of hydrogen-bond donors (Lipinski definition) is 0. The number of aromatic nitrogens is 1. The molecule has 1 nitrogen and oxygen atoms in total. The lowest BCUT2D eigenvalue weighted by atomic mass is 9.81. The third kappa shape index (κ3) is 2.83. The zero-order chi connectivity index (χ0) is 22.0. The van der Waals surface area contributed by atoms with Gasteiger partial charge in [-0.2, -0.15) is 0 Å². The highest BCUT2D eigenvalue weighted by atomic mass is 15.0. The van der Waals surface area contributed by atoms with Crippen LogP contribution in [-0.4, -0.2) is 4.57 Å². The first kappa shape index (κ1) is 20.1. The normalized spacial score (nSPS) is 24.4. The topological polar surface area (TPSA) is 4.93 Å². The lowest BCUT2D eigenvalue weighted by Crippen LogP contribution is -2.11. The second-order valence-electron chi connectivity index (χ2n) is 10.7. The number of allylic oxidation sites excluding steroid dienone is 2. The minimum Gasteiger partial charge on any atom is -0.339 e. The molecule has 2 heterocycles. The van der Waals surface area contributed by atoms with E-state index in [1.165, 1.54) is 77.4 Å². The van der Waals surface area contributed by atoms with Crippen LogP contribution < -0.4 is 0 Å². The average Bonchev–Trinajstić information content (AvgIpc) is 3.49. The molecule has 2 atom stereocenters. The van der Waals surface area contributed by atoms with E-state index in [1.54, 1.807) is 11.1 Å². The molecule has 0 N–H and O–H groups in total. The molecule has 1 aromatic heterocycles. The van der Waals surface area contributed by atoms with Gasteiger partial charge in [-0.05, 0) is 72.8 Å². The molecule has 2 fully saturated rings. The summed E-state index contributed by atoms with van der Waals surface area (Å²) < 4.78 is 2.69. The quantitative estimate of drug-likeness (QED) is 0.371. The second kappa shape index (κ2) is 7.24. The molecule has 0 radical (unpaired) electrons. The van der Waals surface area contributed by atoms with Crippen LogP contribution >= 0.6 is 0 Å². The molecular formula is C31H35N. The van der Waals surface area contributed by atoms with E-state index in [9.17, 15) is 0 Å². The maximum Gasteiger partial charge on any atom is 0.0529 e. The summed E-state index contributed by atoms with van der Waals surface area (Å²) in [4.78, 5) is 0. The fourth-order valence-corrected chi connectivity index (χ4v) is 6.75. The number of benzene rings is 2. The Morgan fingerprint density at radius 2 is 1.94 bits per heavy atom. The Bertz CT molecular complexity index is 1250. The number of nitrogens with zero attached hydrogens (tertiary/aromatic N) is 1. The van der Waals surface area contributed by atoms with Crippen molar-refractivity contribution in [1.29, 1.82) is 0 Å². The Labute approximate surface area is 192 Å². The Morgan fingerprint density at radius 3 is 2.69 bits per heavy atom. The minimum atomic E-state index is 0.196. The summed E-state index contributed by atoms with van der Waals surface area (Å²) in [6, 6.07) is 14.4. The molecule has 164 valence electrons. The molecule has 0 spiro atoms. The largest absolute Gasteiger partial charge is 0.339 e. The van der Waals surface area contributed by atoms with Crippen LogP contribution in [0.25, 0.3) is 27.7 Å². The summed E-state index contributed by atoms with van der Waals surface area (Å²) in [5.74, 6) is 1.28. The number of fused-ring (bicyclic) bond motifs is 7. The van der Waals surface area contributed by atoms with E-state index in [4.69, 9.17) is 0 Å². The van der Waals surface area contributed by atoms with Crippen LogP contribution in [0.2, 0.25) is 0 Å². The Kier molecular flexibility index (Phi) is 4.54. The van der Waals surface area contributed by atoms with Crippen LogP contribution in [0, 0.1) is 12.3 Å². The third-order valence-corrected chi connectivity index (χ3v) is 8.77. The molecule has 32 heavy (non-hydrogen) atoms. The van der Waals surface area contributed by atoms with Crippen molar-refractivity contribution in [3.8, 4) is 11.3 Å². The van der Waals surface area contributed by atoms with Gasteiger partial charge in [0.2, 0.25) is 0 Å². The van der Waals surface area contributed by atoms with Gasteiger partial charge in [0.25, 0.3) is 0 Å². The first-order chi connectivity index (χ1) is 15.6. The summed E-state index contributed by atoms with van der Waals surface area (Å²) in [5.41, 5.74) is 11.7. The highest BCUT2D eigenvalue weighted by Gasteiger charge is 2.55. The van der Waals surface area contributed by atoms with Crippen LogP contribution in [0.4, 0.5) is 0 Å².